The summed E-state index contributed by atoms with van der Waals surface area (Å²) in [4.78, 5) is 0. The monoisotopic (exact) mass is 155 g/mol. The maximum atomic E-state index is 3.65. The minimum absolute atomic E-state index is 0.952. The lowest BCUT2D eigenvalue weighted by molar-refractivity contribution is 0.600. The van der Waals surface area contributed by atoms with E-state index in [-0.39, 0.29) is 0 Å². The zero-order valence-electron chi connectivity index (χ0n) is 7.73. The van der Waals surface area contributed by atoms with Crippen LogP contribution in [0.3, 0.4) is 0 Å². The van der Waals surface area contributed by atoms with Crippen LogP contribution in [0, 0.1) is 0 Å². The number of nitrogens with one attached hydrogen (secondary N) is 1. The third kappa shape index (κ3) is 9.70. The van der Waals surface area contributed by atoms with Crippen LogP contribution in [-0.2, 0) is 0 Å². The van der Waals surface area contributed by atoms with Crippen LogP contribution in [0.15, 0.2) is 12.7 Å². The Morgan fingerprint density at radius 3 is 2.55 bits per heavy atom. The molecule has 0 aliphatic rings. The zero-order valence-corrected chi connectivity index (χ0v) is 7.73. The predicted molar refractivity (Wildman–Crippen MR) is 51.8 cm³/mol. The highest BCUT2D eigenvalue weighted by Crippen LogP contribution is 2.00. The van der Waals surface area contributed by atoms with Crippen molar-refractivity contribution in [3.05, 3.63) is 12.7 Å². The molecule has 0 spiro atoms. The van der Waals surface area contributed by atoms with Gasteiger partial charge in [0.25, 0.3) is 0 Å². The van der Waals surface area contributed by atoms with E-state index >= 15 is 0 Å². The van der Waals surface area contributed by atoms with E-state index in [1.165, 1.54) is 32.1 Å². The number of hydrogen-bond donors (Lipinski definition) is 1. The lowest BCUT2D eigenvalue weighted by Crippen LogP contribution is -2.14. The third-order valence-electron chi connectivity index (χ3n) is 1.75. The molecule has 0 aromatic rings. The third-order valence-corrected chi connectivity index (χ3v) is 1.75. The summed E-state index contributed by atoms with van der Waals surface area (Å²) in [6, 6.07) is 0. The van der Waals surface area contributed by atoms with Gasteiger partial charge < -0.3 is 5.32 Å². The zero-order chi connectivity index (χ0) is 8.36. The Balaban J connectivity index is 2.74. The van der Waals surface area contributed by atoms with E-state index < -0.39 is 0 Å². The second-order valence-electron chi connectivity index (χ2n) is 2.91. The average molecular weight is 155 g/mol. The van der Waals surface area contributed by atoms with Gasteiger partial charge in [0.05, 0.1) is 0 Å². The van der Waals surface area contributed by atoms with E-state index in [1.807, 2.05) is 6.08 Å². The van der Waals surface area contributed by atoms with Crippen molar-refractivity contribution in [1.29, 1.82) is 0 Å². The van der Waals surface area contributed by atoms with Crippen molar-refractivity contribution in [3.8, 4) is 0 Å². The van der Waals surface area contributed by atoms with Gasteiger partial charge in [0.1, 0.15) is 0 Å². The van der Waals surface area contributed by atoms with E-state index in [2.05, 4.69) is 18.8 Å². The Kier molecular flexibility index (Phi) is 9.44. The highest BCUT2D eigenvalue weighted by Gasteiger charge is 1.87. The normalized spacial score (nSPS) is 9.91. The molecule has 0 saturated carbocycles. The van der Waals surface area contributed by atoms with Crippen molar-refractivity contribution < 1.29 is 0 Å². The Morgan fingerprint density at radius 1 is 1.18 bits per heavy atom. The second-order valence-corrected chi connectivity index (χ2v) is 2.91. The molecule has 0 aromatic carbocycles. The molecule has 0 fully saturated rings. The fraction of sp³-hybridized carbons (Fsp3) is 0.800. The summed E-state index contributed by atoms with van der Waals surface area (Å²) in [5.41, 5.74) is 0. The standard InChI is InChI=1S/C10H21N/c1-3-5-6-7-8-10-11-9-4-2/h4,11H,2-3,5-10H2,1H3. The molecule has 0 aliphatic heterocycles. The molecule has 0 saturated heterocycles. The maximum Gasteiger partial charge on any atom is 0.0132 e. The molecule has 0 unspecified atom stereocenters. The molecule has 0 bridgehead atoms. The largest absolute Gasteiger partial charge is 0.313 e. The van der Waals surface area contributed by atoms with Gasteiger partial charge in [-0.2, -0.15) is 0 Å². The van der Waals surface area contributed by atoms with Crippen molar-refractivity contribution in [2.24, 2.45) is 0 Å². The highest BCUT2D eigenvalue weighted by molar-refractivity contribution is 4.69. The van der Waals surface area contributed by atoms with Crippen LogP contribution >= 0.6 is 0 Å². The lowest BCUT2D eigenvalue weighted by Gasteiger charge is -2.00. The molecule has 11 heavy (non-hydrogen) atoms. The summed E-state index contributed by atoms with van der Waals surface area (Å²) in [5, 5.41) is 3.29. The van der Waals surface area contributed by atoms with Crippen molar-refractivity contribution in [1.82, 2.24) is 5.32 Å². The van der Waals surface area contributed by atoms with Crippen LogP contribution in [-0.4, -0.2) is 13.1 Å². The maximum absolute atomic E-state index is 3.65. The minimum atomic E-state index is 0.952. The quantitative estimate of drug-likeness (QED) is 0.420. The van der Waals surface area contributed by atoms with Crippen molar-refractivity contribution in [2.75, 3.05) is 13.1 Å². The number of hydrogen-bond acceptors (Lipinski definition) is 1. The Hall–Kier alpha value is -0.300. The van der Waals surface area contributed by atoms with Gasteiger partial charge in [0.15, 0.2) is 0 Å². The first-order valence-corrected chi connectivity index (χ1v) is 4.73. The van der Waals surface area contributed by atoms with Crippen LogP contribution in [0.4, 0.5) is 0 Å². The van der Waals surface area contributed by atoms with Crippen LogP contribution in [0.2, 0.25) is 0 Å². The smallest absolute Gasteiger partial charge is 0.0132 e. The summed E-state index contributed by atoms with van der Waals surface area (Å²) >= 11 is 0. The van der Waals surface area contributed by atoms with Gasteiger partial charge in [-0.1, -0.05) is 38.7 Å². The van der Waals surface area contributed by atoms with E-state index in [9.17, 15) is 0 Å². The van der Waals surface area contributed by atoms with Crippen LogP contribution in [0.5, 0.6) is 0 Å². The minimum Gasteiger partial charge on any atom is -0.313 e. The molecule has 1 heteroatoms. The van der Waals surface area contributed by atoms with Gasteiger partial charge in [-0.15, -0.1) is 6.58 Å². The summed E-state index contributed by atoms with van der Waals surface area (Å²) in [7, 11) is 0. The fourth-order valence-electron chi connectivity index (χ4n) is 1.06. The van der Waals surface area contributed by atoms with Gasteiger partial charge in [0.2, 0.25) is 0 Å². The molecule has 0 heterocycles. The first-order valence-electron chi connectivity index (χ1n) is 4.73. The molecule has 0 rings (SSSR count). The summed E-state index contributed by atoms with van der Waals surface area (Å²) in [6.07, 6.45) is 8.71. The van der Waals surface area contributed by atoms with Crippen LogP contribution < -0.4 is 5.32 Å². The predicted octanol–water partition coefficient (Wildman–Crippen LogP) is 2.73. The molecular formula is C10H21N. The summed E-state index contributed by atoms with van der Waals surface area (Å²) in [5.74, 6) is 0. The topological polar surface area (TPSA) is 12.0 Å². The van der Waals surface area contributed by atoms with Gasteiger partial charge in [-0.3, -0.25) is 0 Å². The molecule has 1 nitrogen and oxygen atoms in total. The van der Waals surface area contributed by atoms with E-state index in [0.29, 0.717) is 0 Å². The van der Waals surface area contributed by atoms with Gasteiger partial charge >= 0.3 is 0 Å². The Bertz CT molecular complexity index is 78.9. The van der Waals surface area contributed by atoms with Gasteiger partial charge in [0, 0.05) is 6.54 Å². The van der Waals surface area contributed by atoms with Crippen molar-refractivity contribution in [2.45, 2.75) is 39.0 Å². The molecule has 0 amide bonds. The lowest BCUT2D eigenvalue weighted by atomic mass is 10.1. The molecule has 0 aromatic heterocycles. The Labute approximate surface area is 70.9 Å². The van der Waals surface area contributed by atoms with E-state index in [1.54, 1.807) is 0 Å². The number of rotatable bonds is 8. The first kappa shape index (κ1) is 10.7. The Morgan fingerprint density at radius 2 is 1.91 bits per heavy atom. The van der Waals surface area contributed by atoms with Crippen LogP contribution in [0.25, 0.3) is 0 Å². The first-order chi connectivity index (χ1) is 5.41. The van der Waals surface area contributed by atoms with E-state index in [4.69, 9.17) is 0 Å². The molecular weight excluding hydrogens is 134 g/mol. The molecule has 0 atom stereocenters. The molecule has 0 aliphatic carbocycles. The van der Waals surface area contributed by atoms with E-state index in [0.717, 1.165) is 13.1 Å². The van der Waals surface area contributed by atoms with Crippen molar-refractivity contribution in [3.63, 3.8) is 0 Å². The number of unbranched alkanes of at least 4 members (excludes halogenated alkanes) is 4. The van der Waals surface area contributed by atoms with Crippen LogP contribution in [0.1, 0.15) is 39.0 Å². The van der Waals surface area contributed by atoms with Gasteiger partial charge in [-0.25, -0.2) is 0 Å². The van der Waals surface area contributed by atoms with Crippen molar-refractivity contribution >= 4 is 0 Å². The molecule has 66 valence electrons. The summed E-state index contributed by atoms with van der Waals surface area (Å²) < 4.78 is 0. The summed E-state index contributed by atoms with van der Waals surface area (Å²) in [6.45, 7) is 7.99. The molecule has 1 N–H and O–H groups in total. The van der Waals surface area contributed by atoms with Gasteiger partial charge in [-0.05, 0) is 13.0 Å². The second kappa shape index (κ2) is 9.70. The fourth-order valence-corrected chi connectivity index (χ4v) is 1.06. The molecule has 0 radical (unpaired) electrons. The SMILES string of the molecule is C=CCNCCCCCCC. The average Bonchev–Trinajstić information content (AvgIpc) is 2.03. The highest BCUT2D eigenvalue weighted by atomic mass is 14.8.